The molecule has 2 aromatic rings. The second-order valence-electron chi connectivity index (χ2n) is 5.69. The van der Waals surface area contributed by atoms with Crippen LogP contribution in [0.2, 0.25) is 0 Å². The maximum atomic E-state index is 11.3. The van der Waals surface area contributed by atoms with Crippen LogP contribution in [0.25, 0.3) is 0 Å². The van der Waals surface area contributed by atoms with E-state index in [0.717, 1.165) is 31.0 Å². The van der Waals surface area contributed by atoms with Crippen LogP contribution in [0.5, 0.6) is 5.75 Å². The van der Waals surface area contributed by atoms with Crippen molar-refractivity contribution in [1.82, 2.24) is 20.4 Å². The number of methoxy groups -OCH3 is 1. The number of carbonyl (C=O) groups excluding carboxylic acids is 1. The van der Waals surface area contributed by atoms with Crippen molar-refractivity contribution in [2.24, 2.45) is 4.99 Å². The predicted molar refractivity (Wildman–Crippen MR) is 118 cm³/mol. The van der Waals surface area contributed by atoms with Crippen molar-refractivity contribution >= 4 is 41.5 Å². The minimum absolute atomic E-state index is 0. The van der Waals surface area contributed by atoms with E-state index in [2.05, 4.69) is 26.0 Å². The van der Waals surface area contributed by atoms with E-state index < -0.39 is 0 Å². The largest absolute Gasteiger partial charge is 0.495 e. The molecule has 3 N–H and O–H groups in total. The average Bonchev–Trinajstić information content (AvgIpc) is 3.14. The number of benzene rings is 1. The first-order valence-electron chi connectivity index (χ1n) is 8.49. The first-order chi connectivity index (χ1) is 12.6. The summed E-state index contributed by atoms with van der Waals surface area (Å²) < 4.78 is 7.17. The minimum atomic E-state index is -0.136. The summed E-state index contributed by atoms with van der Waals surface area (Å²) in [4.78, 5) is 15.5. The van der Waals surface area contributed by atoms with Gasteiger partial charge in [-0.2, -0.15) is 5.10 Å². The van der Waals surface area contributed by atoms with Crippen LogP contribution in [0.3, 0.4) is 0 Å². The van der Waals surface area contributed by atoms with Crippen LogP contribution in [-0.4, -0.2) is 42.3 Å². The number of aromatic nitrogens is 2. The SMILES string of the molecule is CN=C(NCCCn1cccn1)NCc1ccc(OC)c(NC(C)=O)c1.I. The van der Waals surface area contributed by atoms with Crippen molar-refractivity contribution in [2.45, 2.75) is 26.4 Å². The van der Waals surface area contributed by atoms with Gasteiger partial charge in [0.15, 0.2) is 5.96 Å². The van der Waals surface area contributed by atoms with Crippen molar-refractivity contribution < 1.29 is 9.53 Å². The van der Waals surface area contributed by atoms with Crippen LogP contribution in [-0.2, 0) is 17.9 Å². The summed E-state index contributed by atoms with van der Waals surface area (Å²) in [5.74, 6) is 1.22. The Morgan fingerprint density at radius 2 is 2.15 bits per heavy atom. The molecule has 8 nitrogen and oxygen atoms in total. The van der Waals surface area contributed by atoms with E-state index in [1.165, 1.54) is 6.92 Å². The highest BCUT2D eigenvalue weighted by molar-refractivity contribution is 14.0. The Balaban J connectivity index is 0.00000364. The first kappa shape index (κ1) is 22.7. The van der Waals surface area contributed by atoms with Crippen LogP contribution in [0.15, 0.2) is 41.7 Å². The lowest BCUT2D eigenvalue weighted by atomic mass is 10.2. The third-order valence-corrected chi connectivity index (χ3v) is 3.67. The number of ether oxygens (including phenoxy) is 1. The number of nitrogens with one attached hydrogen (secondary N) is 3. The molecule has 1 aromatic carbocycles. The second-order valence-corrected chi connectivity index (χ2v) is 5.69. The van der Waals surface area contributed by atoms with Crippen molar-refractivity contribution in [1.29, 1.82) is 0 Å². The molecular weight excluding hydrogens is 459 g/mol. The Labute approximate surface area is 176 Å². The van der Waals surface area contributed by atoms with Crippen LogP contribution in [0, 0.1) is 0 Å². The fourth-order valence-electron chi connectivity index (χ4n) is 2.44. The number of guanidine groups is 1. The maximum absolute atomic E-state index is 11.3. The van der Waals surface area contributed by atoms with E-state index in [4.69, 9.17) is 4.74 Å². The number of carbonyl (C=O) groups is 1. The minimum Gasteiger partial charge on any atom is -0.495 e. The van der Waals surface area contributed by atoms with Gasteiger partial charge >= 0.3 is 0 Å². The third-order valence-electron chi connectivity index (χ3n) is 3.67. The molecule has 2 rings (SSSR count). The number of halogens is 1. The van der Waals surface area contributed by atoms with Crippen molar-refractivity contribution in [3.8, 4) is 5.75 Å². The standard InChI is InChI=1S/C18H26N6O2.HI/c1-14(25)23-16-12-15(6-7-17(16)26-3)13-21-18(19-2)20-8-4-10-24-11-5-9-22-24;/h5-7,9,11-12H,4,8,10,13H2,1-3H3,(H,23,25)(H2,19,20,21);1H. The zero-order valence-electron chi connectivity index (χ0n) is 15.9. The number of hydrogen-bond donors (Lipinski definition) is 3. The number of nitrogens with zero attached hydrogens (tertiary/aromatic N) is 3. The molecule has 0 atom stereocenters. The summed E-state index contributed by atoms with van der Waals surface area (Å²) in [6.07, 6.45) is 4.67. The molecule has 0 unspecified atom stereocenters. The van der Waals surface area contributed by atoms with Crippen LogP contribution in [0.4, 0.5) is 5.69 Å². The smallest absolute Gasteiger partial charge is 0.221 e. The molecule has 0 bridgehead atoms. The van der Waals surface area contributed by atoms with E-state index in [0.29, 0.717) is 18.0 Å². The molecule has 1 aromatic heterocycles. The number of amides is 1. The van der Waals surface area contributed by atoms with Gasteiger partial charge < -0.3 is 20.7 Å². The number of aliphatic imine (C=N–C) groups is 1. The van der Waals surface area contributed by atoms with Crippen molar-refractivity contribution in [2.75, 3.05) is 26.0 Å². The highest BCUT2D eigenvalue weighted by Gasteiger charge is 2.06. The Hall–Kier alpha value is -2.30. The molecule has 0 saturated carbocycles. The van der Waals surface area contributed by atoms with Crippen molar-refractivity contribution in [3.63, 3.8) is 0 Å². The van der Waals surface area contributed by atoms with E-state index in [-0.39, 0.29) is 29.9 Å². The summed E-state index contributed by atoms with van der Waals surface area (Å²) >= 11 is 0. The summed E-state index contributed by atoms with van der Waals surface area (Å²) in [6, 6.07) is 7.58. The zero-order chi connectivity index (χ0) is 18.8. The summed E-state index contributed by atoms with van der Waals surface area (Å²) in [7, 11) is 3.31. The Morgan fingerprint density at radius 3 is 2.78 bits per heavy atom. The van der Waals surface area contributed by atoms with Gasteiger partial charge in [0.25, 0.3) is 0 Å². The number of rotatable bonds is 8. The molecule has 0 saturated heterocycles. The highest BCUT2D eigenvalue weighted by atomic mass is 127. The molecule has 0 aliphatic carbocycles. The second kappa shape index (κ2) is 12.2. The zero-order valence-corrected chi connectivity index (χ0v) is 18.2. The van der Waals surface area contributed by atoms with Gasteiger partial charge in [-0.3, -0.25) is 14.5 Å². The van der Waals surface area contributed by atoms with Gasteiger partial charge in [-0.05, 0) is 30.2 Å². The quantitative estimate of drug-likeness (QED) is 0.230. The average molecular weight is 486 g/mol. The lowest BCUT2D eigenvalue weighted by Crippen LogP contribution is -2.37. The Bertz CT molecular complexity index is 733. The molecule has 0 radical (unpaired) electrons. The van der Waals surface area contributed by atoms with Gasteiger partial charge in [0, 0.05) is 46.0 Å². The molecule has 27 heavy (non-hydrogen) atoms. The summed E-state index contributed by atoms with van der Waals surface area (Å²) in [6.45, 7) is 3.70. The molecular formula is C18H27IN6O2. The molecule has 1 amide bonds. The predicted octanol–water partition coefficient (Wildman–Crippen LogP) is 2.22. The highest BCUT2D eigenvalue weighted by Crippen LogP contribution is 2.25. The molecule has 0 aliphatic heterocycles. The third kappa shape index (κ3) is 7.85. The van der Waals surface area contributed by atoms with Gasteiger partial charge in [0.1, 0.15) is 5.75 Å². The normalized spacial score (nSPS) is 10.7. The molecule has 0 aliphatic rings. The number of aryl methyl sites for hydroxylation is 1. The number of anilines is 1. The molecule has 148 valence electrons. The van der Waals surface area contributed by atoms with Gasteiger partial charge in [0.05, 0.1) is 12.8 Å². The molecule has 1 heterocycles. The van der Waals surface area contributed by atoms with Crippen LogP contribution >= 0.6 is 24.0 Å². The molecule has 0 spiro atoms. The van der Waals surface area contributed by atoms with Crippen LogP contribution in [0.1, 0.15) is 18.9 Å². The first-order valence-corrected chi connectivity index (χ1v) is 8.49. The van der Waals surface area contributed by atoms with Gasteiger partial charge in [-0.1, -0.05) is 6.07 Å². The van der Waals surface area contributed by atoms with E-state index >= 15 is 0 Å². The number of hydrogen-bond acceptors (Lipinski definition) is 4. The molecule has 0 fully saturated rings. The van der Waals surface area contributed by atoms with Crippen molar-refractivity contribution in [3.05, 3.63) is 42.2 Å². The topological polar surface area (TPSA) is 92.6 Å². The van der Waals surface area contributed by atoms with Gasteiger partial charge in [-0.15, -0.1) is 24.0 Å². The van der Waals surface area contributed by atoms with Gasteiger partial charge in [-0.25, -0.2) is 0 Å². The summed E-state index contributed by atoms with van der Waals surface area (Å²) in [5, 5.41) is 13.5. The van der Waals surface area contributed by atoms with E-state index in [1.54, 1.807) is 20.4 Å². The van der Waals surface area contributed by atoms with E-state index in [1.807, 2.05) is 35.1 Å². The lowest BCUT2D eigenvalue weighted by molar-refractivity contribution is -0.114. The maximum Gasteiger partial charge on any atom is 0.221 e. The fourth-order valence-corrected chi connectivity index (χ4v) is 2.44. The fraction of sp³-hybridized carbons (Fsp3) is 0.389. The van der Waals surface area contributed by atoms with Gasteiger partial charge in [0.2, 0.25) is 5.91 Å². The Morgan fingerprint density at radius 1 is 1.33 bits per heavy atom. The monoisotopic (exact) mass is 486 g/mol. The lowest BCUT2D eigenvalue weighted by Gasteiger charge is -2.14. The van der Waals surface area contributed by atoms with Crippen LogP contribution < -0.4 is 20.7 Å². The Kier molecular flexibility index (Phi) is 10.2. The summed E-state index contributed by atoms with van der Waals surface area (Å²) in [5.41, 5.74) is 1.66. The molecule has 9 heteroatoms. The van der Waals surface area contributed by atoms with E-state index in [9.17, 15) is 4.79 Å².